The summed E-state index contributed by atoms with van der Waals surface area (Å²) in [5.41, 5.74) is 3.29. The lowest BCUT2D eigenvalue weighted by molar-refractivity contribution is -0.137. The van der Waals surface area contributed by atoms with Gasteiger partial charge in [-0.3, -0.25) is 33.7 Å². The smallest absolute Gasteiger partial charge is 0.272 e. The van der Waals surface area contributed by atoms with Crippen LogP contribution in [0.3, 0.4) is 0 Å². The zero-order chi connectivity index (χ0) is 54.4. The van der Waals surface area contributed by atoms with E-state index < -0.39 is 17.8 Å². The van der Waals surface area contributed by atoms with E-state index >= 15 is 4.39 Å². The van der Waals surface area contributed by atoms with Gasteiger partial charge in [-0.1, -0.05) is 62.6 Å². The highest BCUT2D eigenvalue weighted by molar-refractivity contribution is 5.98. The summed E-state index contributed by atoms with van der Waals surface area (Å²) in [7, 11) is 0. The number of amides is 5. The Morgan fingerprint density at radius 3 is 2.26 bits per heavy atom. The van der Waals surface area contributed by atoms with Crippen LogP contribution in [0.25, 0.3) is 10.8 Å². The number of piperidine rings is 1. The summed E-state index contributed by atoms with van der Waals surface area (Å²) in [5.74, 6) is -0.681. The third kappa shape index (κ3) is 14.6. The number of H-pyrrole nitrogens is 1. The lowest BCUT2D eigenvalue weighted by atomic mass is 9.82. The Morgan fingerprint density at radius 2 is 1.51 bits per heavy atom. The first-order valence-corrected chi connectivity index (χ1v) is 28.2. The highest BCUT2D eigenvalue weighted by Gasteiger charge is 2.36. The minimum Gasteiger partial charge on any atom is -0.341 e. The van der Waals surface area contributed by atoms with Gasteiger partial charge in [-0.05, 0) is 97.9 Å². The summed E-state index contributed by atoms with van der Waals surface area (Å²) in [6.07, 6.45) is 11.8. The zero-order valence-corrected chi connectivity index (χ0v) is 45.1. The molecule has 0 radical (unpaired) electrons. The zero-order valence-electron chi connectivity index (χ0n) is 45.1. The van der Waals surface area contributed by atoms with Crippen LogP contribution in [-0.4, -0.2) is 183 Å². The average Bonchev–Trinajstić information content (AvgIpc) is 3.50. The van der Waals surface area contributed by atoms with E-state index in [1.165, 1.54) is 12.4 Å². The van der Waals surface area contributed by atoms with Crippen molar-refractivity contribution < 1.29 is 28.4 Å². The van der Waals surface area contributed by atoms with Crippen LogP contribution in [0.2, 0.25) is 0 Å². The van der Waals surface area contributed by atoms with Crippen LogP contribution in [-0.2, 0) is 33.8 Å². The summed E-state index contributed by atoms with van der Waals surface area (Å²) >= 11 is 0. The van der Waals surface area contributed by atoms with E-state index in [0.29, 0.717) is 112 Å². The van der Waals surface area contributed by atoms with Crippen molar-refractivity contribution in [3.05, 3.63) is 135 Å². The number of nitrogens with one attached hydrogen (secondary N) is 3. The molecule has 1 saturated carbocycles. The first-order chi connectivity index (χ1) is 38.0. The molecule has 0 bridgehead atoms. The molecule has 4 aliphatic rings. The maximum atomic E-state index is 15.1. The molecule has 5 aromatic rings. The number of rotatable bonds is 20. The fraction of sp³-hybridized carbons (Fsp3) is 0.508. The number of hydrogen-bond acceptors (Lipinski definition) is 12. The fourth-order valence-corrected chi connectivity index (χ4v) is 11.7. The highest BCUT2D eigenvalue weighted by atomic mass is 19.1. The van der Waals surface area contributed by atoms with Crippen LogP contribution in [0, 0.1) is 17.7 Å². The van der Waals surface area contributed by atoms with Crippen molar-refractivity contribution in [2.75, 3.05) is 98.2 Å². The molecule has 3 aliphatic heterocycles. The molecule has 1 atom stereocenters. The van der Waals surface area contributed by atoms with Crippen LogP contribution in [0.15, 0.2) is 90.1 Å². The van der Waals surface area contributed by atoms with Crippen molar-refractivity contribution in [1.29, 1.82) is 0 Å². The van der Waals surface area contributed by atoms with E-state index in [9.17, 15) is 28.8 Å². The second kappa shape index (κ2) is 27.1. The number of nitrogens with zero attached hydrogens (tertiary/aromatic N) is 9. The Bertz CT molecular complexity index is 2910. The van der Waals surface area contributed by atoms with E-state index in [4.69, 9.17) is 0 Å². The molecule has 18 nitrogen and oxygen atoms in total. The van der Waals surface area contributed by atoms with Crippen LogP contribution in [0.5, 0.6) is 0 Å². The Hall–Kier alpha value is -6.96. The van der Waals surface area contributed by atoms with Crippen molar-refractivity contribution in [3.63, 3.8) is 0 Å². The Kier molecular flexibility index (Phi) is 19.4. The molecule has 3 saturated heterocycles. The number of hydrogen-bond donors (Lipinski definition) is 3. The lowest BCUT2D eigenvalue weighted by Crippen LogP contribution is -2.55. The second-order valence-corrected chi connectivity index (χ2v) is 21.5. The van der Waals surface area contributed by atoms with E-state index in [1.807, 2.05) is 46.2 Å². The number of carbonyl (C=O) groups is 5. The number of likely N-dealkylation sites (tertiary alicyclic amines) is 1. The van der Waals surface area contributed by atoms with Gasteiger partial charge >= 0.3 is 0 Å². The van der Waals surface area contributed by atoms with Crippen molar-refractivity contribution >= 4 is 40.3 Å². The summed E-state index contributed by atoms with van der Waals surface area (Å²) < 4.78 is 15.1. The van der Waals surface area contributed by atoms with E-state index in [2.05, 4.69) is 47.5 Å². The third-order valence-electron chi connectivity index (χ3n) is 16.2. The fourth-order valence-electron chi connectivity index (χ4n) is 11.7. The molecule has 3 N–H and O–H groups in total. The predicted octanol–water partition coefficient (Wildman–Crippen LogP) is 4.53. The lowest BCUT2D eigenvalue weighted by Gasteiger charge is -2.41. The quantitative estimate of drug-likeness (QED) is 0.0986. The van der Waals surface area contributed by atoms with Crippen molar-refractivity contribution in [1.82, 2.24) is 60.2 Å². The average molecular weight is 1070 g/mol. The van der Waals surface area contributed by atoms with Crippen molar-refractivity contribution in [2.45, 2.75) is 83.7 Å². The molecule has 78 heavy (non-hydrogen) atoms. The minimum atomic E-state index is -0.610. The molecule has 1 unspecified atom stereocenters. The van der Waals surface area contributed by atoms with E-state index in [1.54, 1.807) is 46.3 Å². The molecule has 9 rings (SSSR count). The van der Waals surface area contributed by atoms with Crippen molar-refractivity contribution in [3.8, 4) is 0 Å². The van der Waals surface area contributed by atoms with Crippen LogP contribution >= 0.6 is 0 Å². The Labute approximate surface area is 456 Å². The standard InChI is InChI=1S/C59H75FN12O6/c1-2-22-69(53(73)38-62-37-47-17-21-61-41-63-47)23-18-42-9-8-12-46(34-42)56(75)64-55(45-10-4-3-5-11-45)59(78)71-24-19-43(20-25-71)39-67-26-28-68(29-27-67)40-54(74)70-30-32-72(33-31-70)58(77)50-35-44(15-16-51(50)60)36-52-48-13-6-7-14-49(48)57(76)66-65-52/h6-9,12-17,21,34-35,41,43,45,55,62H,2-5,10-11,18-20,22-33,36-40H2,1H3,(H,64,75)(H,66,76). The molecule has 0 spiro atoms. The summed E-state index contributed by atoms with van der Waals surface area (Å²) in [5, 5.41) is 14.4. The molecule has 2 aromatic heterocycles. The number of carbonyl (C=O) groups excluding carboxylic acids is 5. The molecule has 3 aromatic carbocycles. The number of fused-ring (bicyclic) bond motifs is 1. The largest absolute Gasteiger partial charge is 0.341 e. The molecule has 5 heterocycles. The molecule has 19 heteroatoms. The number of halogens is 1. The van der Waals surface area contributed by atoms with Gasteiger partial charge in [-0.2, -0.15) is 5.10 Å². The van der Waals surface area contributed by atoms with Gasteiger partial charge in [0.1, 0.15) is 18.2 Å². The SMILES string of the molecule is CCCN(CCc1cccc(C(=O)NC(C(=O)N2CCC(CN3CCN(CC(=O)N4CCN(C(=O)c5cc(Cc6n[nH]c(=O)c7ccccc67)ccc5F)CC4)CC3)CC2)C2CCCCC2)c1)C(=O)CNCc1ccncn1. The maximum Gasteiger partial charge on any atom is 0.272 e. The molecule has 414 valence electrons. The van der Waals surface area contributed by atoms with Gasteiger partial charge in [0.15, 0.2) is 0 Å². The monoisotopic (exact) mass is 1070 g/mol. The topological polar surface area (TPSA) is 200 Å². The van der Waals surface area contributed by atoms with Gasteiger partial charge in [0, 0.05) is 115 Å². The minimum absolute atomic E-state index is 0.0126. The Balaban J connectivity index is 0.695. The summed E-state index contributed by atoms with van der Waals surface area (Å²) in [6.45, 7) is 11.1. The van der Waals surface area contributed by atoms with Crippen LogP contribution < -0.4 is 16.2 Å². The summed E-state index contributed by atoms with van der Waals surface area (Å²) in [4.78, 5) is 101. The molecule has 5 amide bonds. The highest BCUT2D eigenvalue weighted by Crippen LogP contribution is 2.30. The molecular formula is C59H75FN12O6. The number of aromatic nitrogens is 4. The van der Waals surface area contributed by atoms with Gasteiger partial charge in [0.2, 0.25) is 17.7 Å². The predicted molar refractivity (Wildman–Crippen MR) is 295 cm³/mol. The molecule has 4 fully saturated rings. The third-order valence-corrected chi connectivity index (χ3v) is 16.2. The van der Waals surface area contributed by atoms with Gasteiger partial charge in [-0.25, -0.2) is 19.5 Å². The molecule has 1 aliphatic carbocycles. The van der Waals surface area contributed by atoms with Crippen LogP contribution in [0.1, 0.15) is 102 Å². The maximum absolute atomic E-state index is 15.1. The van der Waals surface area contributed by atoms with Gasteiger partial charge in [0.05, 0.1) is 35.4 Å². The van der Waals surface area contributed by atoms with Gasteiger partial charge < -0.3 is 35.1 Å². The Morgan fingerprint density at radius 1 is 0.769 bits per heavy atom. The van der Waals surface area contributed by atoms with E-state index in [-0.39, 0.29) is 47.2 Å². The second-order valence-electron chi connectivity index (χ2n) is 21.5. The van der Waals surface area contributed by atoms with E-state index in [0.717, 1.165) is 95.3 Å². The van der Waals surface area contributed by atoms with Crippen LogP contribution in [0.4, 0.5) is 4.39 Å². The number of benzene rings is 3. The number of aromatic amines is 1. The number of piperazine rings is 2. The van der Waals surface area contributed by atoms with Crippen molar-refractivity contribution in [2.24, 2.45) is 11.8 Å². The summed E-state index contributed by atoms with van der Waals surface area (Å²) in [6, 6.07) is 20.4. The van der Waals surface area contributed by atoms with Gasteiger partial charge in [0.25, 0.3) is 17.4 Å². The first-order valence-electron chi connectivity index (χ1n) is 28.2. The first kappa shape index (κ1) is 55.8. The normalized spacial score (nSPS) is 17.5. The molecular weight excluding hydrogens is 992 g/mol. The van der Waals surface area contributed by atoms with Gasteiger partial charge in [-0.15, -0.1) is 0 Å².